The molecule has 1 N–H and O–H groups in total. The zero-order chi connectivity index (χ0) is 14.4. The van der Waals surface area contributed by atoms with Crippen molar-refractivity contribution in [2.75, 3.05) is 20.1 Å². The quantitative estimate of drug-likeness (QED) is 0.868. The fourth-order valence-corrected chi connectivity index (χ4v) is 3.27. The van der Waals surface area contributed by atoms with Gasteiger partial charge in [-0.05, 0) is 62.3 Å². The molecule has 1 aliphatic rings. The first-order valence-corrected chi connectivity index (χ1v) is 7.94. The molecule has 1 heterocycles. The highest BCUT2D eigenvalue weighted by Crippen LogP contribution is 2.31. The van der Waals surface area contributed by atoms with Gasteiger partial charge in [-0.3, -0.25) is 4.98 Å². The largest absolute Gasteiger partial charge is 0.393 e. The predicted molar refractivity (Wildman–Crippen MR) is 82.6 cm³/mol. The summed E-state index contributed by atoms with van der Waals surface area (Å²) in [6.45, 7) is 4.33. The molecule has 2 rings (SSSR count). The van der Waals surface area contributed by atoms with E-state index in [4.69, 9.17) is 0 Å². The molecule has 0 aliphatic heterocycles. The number of aliphatic hydroxyl groups is 1. The Bertz CT molecular complexity index is 382. The fraction of sp³-hybridized carbons (Fsp3) is 0.706. The summed E-state index contributed by atoms with van der Waals surface area (Å²) in [6, 6.07) is 4.16. The van der Waals surface area contributed by atoms with Crippen molar-refractivity contribution in [2.24, 2.45) is 11.8 Å². The normalized spacial score (nSPS) is 26.9. The van der Waals surface area contributed by atoms with Gasteiger partial charge in [-0.25, -0.2) is 0 Å². The Morgan fingerprint density at radius 3 is 2.75 bits per heavy atom. The first kappa shape index (κ1) is 15.5. The van der Waals surface area contributed by atoms with Crippen molar-refractivity contribution < 1.29 is 5.11 Å². The number of aliphatic hydroxyl groups excluding tert-OH is 1. The second-order valence-electron chi connectivity index (χ2n) is 6.28. The molecular formula is C17H28N2O. The van der Waals surface area contributed by atoms with Crippen LogP contribution in [0.3, 0.4) is 0 Å². The maximum absolute atomic E-state index is 10.2. The molecule has 0 spiro atoms. The molecule has 3 nitrogen and oxygen atoms in total. The van der Waals surface area contributed by atoms with Crippen LogP contribution < -0.4 is 0 Å². The summed E-state index contributed by atoms with van der Waals surface area (Å²) >= 11 is 0. The lowest BCUT2D eigenvalue weighted by Gasteiger charge is -2.35. The van der Waals surface area contributed by atoms with Crippen molar-refractivity contribution >= 4 is 0 Å². The molecule has 0 aromatic carbocycles. The zero-order valence-electron chi connectivity index (χ0n) is 12.8. The minimum atomic E-state index is -0.0961. The fourth-order valence-electron chi connectivity index (χ4n) is 3.27. The van der Waals surface area contributed by atoms with Gasteiger partial charge in [-0.1, -0.05) is 13.3 Å². The minimum absolute atomic E-state index is 0.0961. The molecule has 112 valence electrons. The molecule has 1 aromatic heterocycles. The Morgan fingerprint density at radius 2 is 2.05 bits per heavy atom. The van der Waals surface area contributed by atoms with Gasteiger partial charge in [0.25, 0.3) is 0 Å². The standard InChI is InChI=1S/C17H28N2O/c1-3-14-4-5-17(20)16(12-14)13-19(2)11-8-15-6-9-18-10-7-15/h6-7,9-10,14,16-17,20H,3-5,8,11-13H2,1-2H3. The maximum Gasteiger partial charge on any atom is 0.0580 e. The van der Waals surface area contributed by atoms with Crippen LogP contribution >= 0.6 is 0 Å². The molecule has 1 fully saturated rings. The summed E-state index contributed by atoms with van der Waals surface area (Å²) in [6.07, 6.45) is 9.30. The molecule has 20 heavy (non-hydrogen) atoms. The number of hydrogen-bond acceptors (Lipinski definition) is 3. The van der Waals surface area contributed by atoms with E-state index in [1.165, 1.54) is 24.8 Å². The molecule has 1 aliphatic carbocycles. The lowest BCUT2D eigenvalue weighted by Crippen LogP contribution is -2.38. The highest BCUT2D eigenvalue weighted by molar-refractivity contribution is 5.09. The molecule has 0 saturated heterocycles. The topological polar surface area (TPSA) is 36.4 Å². The zero-order valence-corrected chi connectivity index (χ0v) is 12.8. The van der Waals surface area contributed by atoms with E-state index >= 15 is 0 Å². The van der Waals surface area contributed by atoms with Gasteiger partial charge in [0.1, 0.15) is 0 Å². The Morgan fingerprint density at radius 1 is 1.30 bits per heavy atom. The molecule has 3 unspecified atom stereocenters. The monoisotopic (exact) mass is 276 g/mol. The van der Waals surface area contributed by atoms with Gasteiger partial charge in [-0.2, -0.15) is 0 Å². The van der Waals surface area contributed by atoms with Crippen LogP contribution in [-0.2, 0) is 6.42 Å². The van der Waals surface area contributed by atoms with Crippen LogP contribution in [0.5, 0.6) is 0 Å². The summed E-state index contributed by atoms with van der Waals surface area (Å²) in [5.74, 6) is 1.27. The highest BCUT2D eigenvalue weighted by atomic mass is 16.3. The van der Waals surface area contributed by atoms with Gasteiger partial charge < -0.3 is 10.0 Å². The smallest absolute Gasteiger partial charge is 0.0580 e. The van der Waals surface area contributed by atoms with Gasteiger partial charge in [-0.15, -0.1) is 0 Å². The van der Waals surface area contributed by atoms with Crippen LogP contribution in [0.25, 0.3) is 0 Å². The van der Waals surface area contributed by atoms with Gasteiger partial charge in [0.2, 0.25) is 0 Å². The third kappa shape index (κ3) is 4.57. The second-order valence-corrected chi connectivity index (χ2v) is 6.28. The first-order valence-electron chi connectivity index (χ1n) is 7.94. The van der Waals surface area contributed by atoms with Crippen molar-refractivity contribution in [1.82, 2.24) is 9.88 Å². The minimum Gasteiger partial charge on any atom is -0.393 e. The SMILES string of the molecule is CCC1CCC(O)C(CN(C)CCc2ccncc2)C1. The Hall–Kier alpha value is -0.930. The van der Waals surface area contributed by atoms with Gasteiger partial charge in [0, 0.05) is 25.5 Å². The summed E-state index contributed by atoms with van der Waals surface area (Å²) in [4.78, 5) is 6.41. The second kappa shape index (κ2) is 7.75. The van der Waals surface area contributed by atoms with E-state index in [1.807, 2.05) is 12.4 Å². The Labute approximate surface area is 123 Å². The number of pyridine rings is 1. The molecule has 3 atom stereocenters. The summed E-state index contributed by atoms with van der Waals surface area (Å²) in [7, 11) is 2.17. The molecule has 3 heteroatoms. The van der Waals surface area contributed by atoms with E-state index in [1.54, 1.807) is 0 Å². The molecule has 0 amide bonds. The van der Waals surface area contributed by atoms with Crippen LogP contribution in [-0.4, -0.2) is 41.2 Å². The lowest BCUT2D eigenvalue weighted by molar-refractivity contribution is 0.0311. The third-order valence-electron chi connectivity index (χ3n) is 4.71. The maximum atomic E-state index is 10.2. The van der Waals surface area contributed by atoms with E-state index in [2.05, 4.69) is 36.0 Å². The van der Waals surface area contributed by atoms with Crippen LogP contribution in [0, 0.1) is 11.8 Å². The highest BCUT2D eigenvalue weighted by Gasteiger charge is 2.28. The summed E-state index contributed by atoms with van der Waals surface area (Å²) in [5, 5.41) is 10.2. The first-order chi connectivity index (χ1) is 9.69. The van der Waals surface area contributed by atoms with Crippen LogP contribution in [0.15, 0.2) is 24.5 Å². The van der Waals surface area contributed by atoms with Crippen molar-refractivity contribution in [3.63, 3.8) is 0 Å². The molecule has 0 radical (unpaired) electrons. The van der Waals surface area contributed by atoms with Gasteiger partial charge in [0.15, 0.2) is 0 Å². The van der Waals surface area contributed by atoms with Crippen molar-refractivity contribution in [1.29, 1.82) is 0 Å². The van der Waals surface area contributed by atoms with Crippen LogP contribution in [0.2, 0.25) is 0 Å². The van der Waals surface area contributed by atoms with Crippen LogP contribution in [0.1, 0.15) is 38.2 Å². The average Bonchev–Trinajstić information content (AvgIpc) is 2.48. The van der Waals surface area contributed by atoms with Gasteiger partial charge >= 0.3 is 0 Å². The van der Waals surface area contributed by atoms with Crippen molar-refractivity contribution in [3.8, 4) is 0 Å². The number of nitrogens with zero attached hydrogens (tertiary/aromatic N) is 2. The van der Waals surface area contributed by atoms with E-state index in [0.717, 1.165) is 31.8 Å². The third-order valence-corrected chi connectivity index (χ3v) is 4.71. The Kier molecular flexibility index (Phi) is 5.99. The van der Waals surface area contributed by atoms with Crippen LogP contribution in [0.4, 0.5) is 0 Å². The van der Waals surface area contributed by atoms with Crippen molar-refractivity contribution in [2.45, 2.75) is 45.1 Å². The molecule has 0 bridgehead atoms. The van der Waals surface area contributed by atoms with E-state index < -0.39 is 0 Å². The number of rotatable bonds is 6. The molecular weight excluding hydrogens is 248 g/mol. The van der Waals surface area contributed by atoms with Crippen molar-refractivity contribution in [3.05, 3.63) is 30.1 Å². The average molecular weight is 276 g/mol. The van der Waals surface area contributed by atoms with E-state index in [0.29, 0.717) is 5.92 Å². The number of aromatic nitrogens is 1. The number of hydrogen-bond donors (Lipinski definition) is 1. The predicted octanol–water partition coefficient (Wildman–Crippen LogP) is 2.74. The molecule has 1 saturated carbocycles. The van der Waals surface area contributed by atoms with E-state index in [9.17, 15) is 5.11 Å². The van der Waals surface area contributed by atoms with Gasteiger partial charge in [0.05, 0.1) is 6.10 Å². The summed E-state index contributed by atoms with van der Waals surface area (Å²) in [5.41, 5.74) is 1.34. The lowest BCUT2D eigenvalue weighted by atomic mass is 9.78. The summed E-state index contributed by atoms with van der Waals surface area (Å²) < 4.78 is 0. The Balaban J connectivity index is 1.77. The van der Waals surface area contributed by atoms with E-state index in [-0.39, 0.29) is 6.10 Å². The number of likely N-dealkylation sites (N-methyl/N-ethyl adjacent to an activating group) is 1. The molecule has 1 aromatic rings.